The minimum Gasteiger partial charge on any atom is -0.508 e. The minimum absolute atomic E-state index is 0.217. The van der Waals surface area contributed by atoms with Crippen molar-refractivity contribution in [1.29, 1.82) is 0 Å². The molecule has 2 aromatic carbocycles. The molecule has 1 unspecified atom stereocenters. The van der Waals surface area contributed by atoms with E-state index in [1.54, 1.807) is 35.7 Å². The van der Waals surface area contributed by atoms with E-state index in [0.29, 0.717) is 0 Å². The molecule has 1 atom stereocenters. The number of thiophene rings is 1. The molecule has 0 aliphatic rings. The van der Waals surface area contributed by atoms with E-state index in [1.165, 1.54) is 4.70 Å². The van der Waals surface area contributed by atoms with E-state index in [9.17, 15) is 5.11 Å². The van der Waals surface area contributed by atoms with Gasteiger partial charge in [0.25, 0.3) is 0 Å². The standard InChI is InChI=1S/C20H18N4OS/c1-11-15-10-13(18(21)12-3-2-4-14(25)9-12)5-6-17(15)26-19(11)16-7-8-23-20(22)24-16/h2-10,18,25H,21H2,1H3,(H2,22,23,24). The first-order valence-corrected chi connectivity index (χ1v) is 9.01. The van der Waals surface area contributed by atoms with Gasteiger partial charge in [0.1, 0.15) is 5.75 Å². The van der Waals surface area contributed by atoms with Crippen molar-refractivity contribution in [2.75, 3.05) is 5.73 Å². The first kappa shape index (κ1) is 16.5. The van der Waals surface area contributed by atoms with Crippen LogP contribution in [0.25, 0.3) is 20.7 Å². The molecule has 0 spiro atoms. The number of aryl methyl sites for hydroxylation is 1. The third-order valence-electron chi connectivity index (χ3n) is 4.46. The molecule has 4 rings (SSSR count). The first-order valence-electron chi connectivity index (χ1n) is 8.19. The highest BCUT2D eigenvalue weighted by molar-refractivity contribution is 7.22. The maximum Gasteiger partial charge on any atom is 0.220 e. The van der Waals surface area contributed by atoms with E-state index in [-0.39, 0.29) is 17.7 Å². The molecular formula is C20H18N4OS. The Hall–Kier alpha value is -2.96. The number of benzene rings is 2. The normalized spacial score (nSPS) is 12.4. The lowest BCUT2D eigenvalue weighted by atomic mass is 9.97. The van der Waals surface area contributed by atoms with Crippen molar-refractivity contribution in [2.24, 2.45) is 5.73 Å². The first-order chi connectivity index (χ1) is 12.5. The second-order valence-electron chi connectivity index (χ2n) is 6.18. The molecule has 0 saturated carbocycles. The summed E-state index contributed by atoms with van der Waals surface area (Å²) in [5.74, 6) is 0.486. The zero-order chi connectivity index (χ0) is 18.3. The van der Waals surface area contributed by atoms with Gasteiger partial charge in [-0.1, -0.05) is 18.2 Å². The molecule has 130 valence electrons. The van der Waals surface area contributed by atoms with E-state index in [2.05, 4.69) is 29.0 Å². The van der Waals surface area contributed by atoms with Crippen LogP contribution in [-0.2, 0) is 0 Å². The molecule has 0 aliphatic heterocycles. The predicted molar refractivity (Wildman–Crippen MR) is 106 cm³/mol. The van der Waals surface area contributed by atoms with Gasteiger partial charge in [0.05, 0.1) is 16.6 Å². The molecule has 0 fully saturated rings. The average Bonchev–Trinajstić information content (AvgIpc) is 2.97. The number of nitrogens with two attached hydrogens (primary N) is 2. The van der Waals surface area contributed by atoms with Crippen LogP contribution < -0.4 is 11.5 Å². The number of aromatic hydroxyl groups is 1. The maximum absolute atomic E-state index is 9.70. The molecule has 6 heteroatoms. The van der Waals surface area contributed by atoms with Gasteiger partial charge in [-0.15, -0.1) is 11.3 Å². The van der Waals surface area contributed by atoms with Crippen LogP contribution in [0.4, 0.5) is 5.95 Å². The van der Waals surface area contributed by atoms with Crippen LogP contribution in [0.2, 0.25) is 0 Å². The summed E-state index contributed by atoms with van der Waals surface area (Å²) in [7, 11) is 0. The molecule has 2 aromatic heterocycles. The number of nitrogen functional groups attached to an aromatic ring is 1. The van der Waals surface area contributed by atoms with Gasteiger partial charge >= 0.3 is 0 Å². The molecule has 0 bridgehead atoms. The summed E-state index contributed by atoms with van der Waals surface area (Å²) >= 11 is 1.68. The van der Waals surface area contributed by atoms with Gasteiger partial charge in [0.15, 0.2) is 0 Å². The Morgan fingerprint density at radius 3 is 2.65 bits per heavy atom. The summed E-state index contributed by atoms with van der Waals surface area (Å²) in [6.45, 7) is 2.08. The average molecular weight is 362 g/mol. The highest BCUT2D eigenvalue weighted by atomic mass is 32.1. The zero-order valence-electron chi connectivity index (χ0n) is 14.2. The van der Waals surface area contributed by atoms with Crippen molar-refractivity contribution in [3.8, 4) is 16.3 Å². The summed E-state index contributed by atoms with van der Waals surface area (Å²) in [4.78, 5) is 9.38. The quantitative estimate of drug-likeness (QED) is 0.512. The second-order valence-corrected chi connectivity index (χ2v) is 7.24. The molecule has 4 aromatic rings. The molecule has 0 amide bonds. The predicted octanol–water partition coefficient (Wildman–Crippen LogP) is 4.00. The van der Waals surface area contributed by atoms with Gasteiger partial charge in [-0.05, 0) is 59.3 Å². The van der Waals surface area contributed by atoms with E-state index in [0.717, 1.165) is 32.6 Å². The number of phenolic OH excluding ortho intramolecular Hbond substituents is 1. The van der Waals surface area contributed by atoms with Gasteiger partial charge in [0.2, 0.25) is 5.95 Å². The fourth-order valence-corrected chi connectivity index (χ4v) is 4.25. The number of hydrogen-bond acceptors (Lipinski definition) is 6. The molecule has 5 nitrogen and oxygen atoms in total. The monoisotopic (exact) mass is 362 g/mol. The Morgan fingerprint density at radius 2 is 1.88 bits per heavy atom. The van der Waals surface area contributed by atoms with E-state index < -0.39 is 0 Å². The number of aromatic nitrogens is 2. The largest absolute Gasteiger partial charge is 0.508 e. The fourth-order valence-electron chi connectivity index (χ4n) is 3.09. The third kappa shape index (κ3) is 2.89. The Bertz CT molecular complexity index is 1110. The summed E-state index contributed by atoms with van der Waals surface area (Å²) in [5, 5.41) is 10.8. The number of rotatable bonds is 3. The highest BCUT2D eigenvalue weighted by Crippen LogP contribution is 2.38. The summed E-state index contributed by atoms with van der Waals surface area (Å²) in [5.41, 5.74) is 16.0. The topological polar surface area (TPSA) is 98.0 Å². The number of hydrogen-bond donors (Lipinski definition) is 3. The van der Waals surface area contributed by atoms with Crippen LogP contribution in [0, 0.1) is 6.92 Å². The van der Waals surface area contributed by atoms with Gasteiger partial charge in [-0.25, -0.2) is 9.97 Å². The summed E-state index contributed by atoms with van der Waals surface area (Å²) in [6, 6.07) is 14.9. The van der Waals surface area contributed by atoms with Gasteiger partial charge < -0.3 is 16.6 Å². The lowest BCUT2D eigenvalue weighted by molar-refractivity contribution is 0.474. The van der Waals surface area contributed by atoms with Crippen molar-refractivity contribution >= 4 is 27.4 Å². The molecular weight excluding hydrogens is 344 g/mol. The van der Waals surface area contributed by atoms with E-state index in [1.807, 2.05) is 18.2 Å². The van der Waals surface area contributed by atoms with E-state index >= 15 is 0 Å². The van der Waals surface area contributed by atoms with Crippen LogP contribution >= 0.6 is 11.3 Å². The number of anilines is 1. The van der Waals surface area contributed by atoms with Gasteiger partial charge in [-0.3, -0.25) is 0 Å². The van der Waals surface area contributed by atoms with Crippen molar-refractivity contribution in [3.05, 3.63) is 71.4 Å². The molecule has 0 aliphatic carbocycles. The summed E-state index contributed by atoms with van der Waals surface area (Å²) in [6.07, 6.45) is 1.67. The van der Waals surface area contributed by atoms with Crippen LogP contribution in [0.15, 0.2) is 54.7 Å². The molecule has 26 heavy (non-hydrogen) atoms. The number of fused-ring (bicyclic) bond motifs is 1. The Balaban J connectivity index is 1.79. The molecule has 5 N–H and O–H groups in total. The SMILES string of the molecule is Cc1c(-c2ccnc(N)n2)sc2ccc(C(N)c3cccc(O)c3)cc12. The summed E-state index contributed by atoms with van der Waals surface area (Å²) < 4.78 is 1.17. The minimum atomic E-state index is -0.302. The smallest absolute Gasteiger partial charge is 0.220 e. The van der Waals surface area contributed by atoms with Crippen molar-refractivity contribution in [3.63, 3.8) is 0 Å². The van der Waals surface area contributed by atoms with Crippen LogP contribution in [0.1, 0.15) is 22.7 Å². The van der Waals surface area contributed by atoms with Crippen molar-refractivity contribution in [2.45, 2.75) is 13.0 Å². The Labute approximate surface area is 155 Å². The Morgan fingerprint density at radius 1 is 1.08 bits per heavy atom. The second kappa shape index (κ2) is 6.40. The lowest BCUT2D eigenvalue weighted by Gasteiger charge is -2.13. The highest BCUT2D eigenvalue weighted by Gasteiger charge is 2.15. The molecule has 0 saturated heterocycles. The van der Waals surface area contributed by atoms with Crippen molar-refractivity contribution < 1.29 is 5.11 Å². The van der Waals surface area contributed by atoms with Crippen LogP contribution in [-0.4, -0.2) is 15.1 Å². The van der Waals surface area contributed by atoms with Crippen LogP contribution in [0.5, 0.6) is 5.75 Å². The number of nitrogens with zero attached hydrogens (tertiary/aromatic N) is 2. The van der Waals surface area contributed by atoms with Gasteiger partial charge in [-0.2, -0.15) is 0 Å². The third-order valence-corrected chi connectivity index (χ3v) is 5.75. The molecule has 2 heterocycles. The van der Waals surface area contributed by atoms with Crippen LogP contribution in [0.3, 0.4) is 0 Å². The zero-order valence-corrected chi connectivity index (χ0v) is 15.0. The lowest BCUT2D eigenvalue weighted by Crippen LogP contribution is -2.11. The Kier molecular flexibility index (Phi) is 4.06. The molecule has 0 radical (unpaired) electrons. The maximum atomic E-state index is 9.70. The van der Waals surface area contributed by atoms with Gasteiger partial charge in [0, 0.05) is 10.9 Å². The number of phenols is 1. The van der Waals surface area contributed by atoms with E-state index in [4.69, 9.17) is 11.5 Å². The van der Waals surface area contributed by atoms with Crippen molar-refractivity contribution in [1.82, 2.24) is 9.97 Å². The fraction of sp³-hybridized carbons (Fsp3) is 0.100.